The first-order chi connectivity index (χ1) is 14.2. The number of piperazine rings is 1. The van der Waals surface area contributed by atoms with Gasteiger partial charge in [-0.05, 0) is 37.2 Å². The lowest BCUT2D eigenvalue weighted by atomic mass is 10.1. The number of phenolic OH excluding ortho intramolecular Hbond substituents is 1. The smallest absolute Gasteiger partial charge is 0.129 e. The number of nitrogens with one attached hydrogen (secondary N) is 1. The van der Waals surface area contributed by atoms with E-state index in [4.69, 9.17) is 0 Å². The maximum Gasteiger partial charge on any atom is 0.129 e. The number of hydrogen-bond donors (Lipinski definition) is 2. The predicted molar refractivity (Wildman–Crippen MR) is 115 cm³/mol. The van der Waals surface area contributed by atoms with Crippen molar-refractivity contribution >= 4 is 11.6 Å². The lowest BCUT2D eigenvalue weighted by molar-refractivity contribution is 0.312. The average molecular weight is 390 g/mol. The van der Waals surface area contributed by atoms with Crippen LogP contribution in [0, 0.1) is 0 Å². The van der Waals surface area contributed by atoms with Crippen LogP contribution < -0.4 is 10.2 Å². The Kier molecular flexibility index (Phi) is 5.86. The number of phenols is 1. The van der Waals surface area contributed by atoms with Crippen LogP contribution in [0.1, 0.15) is 5.56 Å². The van der Waals surface area contributed by atoms with E-state index in [-0.39, 0.29) is 0 Å². The van der Waals surface area contributed by atoms with Crippen molar-refractivity contribution in [3.05, 3.63) is 60.6 Å². The van der Waals surface area contributed by atoms with Gasteiger partial charge >= 0.3 is 0 Å². The first kappa shape index (κ1) is 19.1. The Morgan fingerprint density at radius 2 is 1.83 bits per heavy atom. The summed E-state index contributed by atoms with van der Waals surface area (Å²) in [6.45, 7) is 4.80. The molecule has 0 atom stereocenters. The van der Waals surface area contributed by atoms with Crippen LogP contribution in [0.3, 0.4) is 0 Å². The minimum atomic E-state index is 0.323. The molecular weight excluding hydrogens is 364 g/mol. The highest BCUT2D eigenvalue weighted by Crippen LogP contribution is 2.22. The fraction of sp³-hybridized carbons (Fsp3) is 0.318. The minimum Gasteiger partial charge on any atom is -0.508 e. The van der Waals surface area contributed by atoms with E-state index in [0.29, 0.717) is 18.7 Å². The third-order valence-corrected chi connectivity index (χ3v) is 5.23. The molecule has 0 bridgehead atoms. The van der Waals surface area contributed by atoms with Crippen LogP contribution in [-0.2, 0) is 6.42 Å². The number of para-hydroxylation sites is 1. The van der Waals surface area contributed by atoms with E-state index in [1.165, 1.54) is 0 Å². The van der Waals surface area contributed by atoms with E-state index >= 15 is 0 Å². The maximum absolute atomic E-state index is 9.86. The Morgan fingerprint density at radius 1 is 1.00 bits per heavy atom. The molecule has 0 unspecified atom stereocenters. The molecule has 0 aliphatic carbocycles. The van der Waals surface area contributed by atoms with Crippen molar-refractivity contribution in [2.45, 2.75) is 6.42 Å². The largest absolute Gasteiger partial charge is 0.508 e. The highest BCUT2D eigenvalue weighted by atomic mass is 16.3. The zero-order chi connectivity index (χ0) is 20.1. The summed E-state index contributed by atoms with van der Waals surface area (Å²) >= 11 is 0. The molecule has 1 saturated heterocycles. The second kappa shape index (κ2) is 8.87. The number of likely N-dealkylation sites (N-methyl/N-ethyl adjacent to an activating group) is 1. The van der Waals surface area contributed by atoms with Gasteiger partial charge < -0.3 is 20.2 Å². The number of anilines is 2. The summed E-state index contributed by atoms with van der Waals surface area (Å²) in [5.74, 6) is 2.09. The number of pyridine rings is 1. The van der Waals surface area contributed by atoms with Crippen molar-refractivity contribution in [3.63, 3.8) is 0 Å². The number of hydrogen-bond acceptors (Lipinski definition) is 7. The Morgan fingerprint density at radius 3 is 2.59 bits per heavy atom. The maximum atomic E-state index is 9.86. The standard InChI is InChI=1S/C22H26N6O/c1-27-10-12-28(13-11-27)22-7-6-18(15-24-22)19-14-21(26-16-25-19)23-9-8-17-4-2-3-5-20(17)29/h2-7,14-16,29H,8-13H2,1H3,(H,23,25,26). The van der Waals surface area contributed by atoms with Gasteiger partial charge in [-0.1, -0.05) is 18.2 Å². The van der Waals surface area contributed by atoms with Crippen molar-refractivity contribution in [1.29, 1.82) is 0 Å². The zero-order valence-electron chi connectivity index (χ0n) is 16.6. The minimum absolute atomic E-state index is 0.323. The summed E-state index contributed by atoms with van der Waals surface area (Å²) in [6, 6.07) is 13.4. The lowest BCUT2D eigenvalue weighted by Crippen LogP contribution is -2.44. The third-order valence-electron chi connectivity index (χ3n) is 5.23. The van der Waals surface area contributed by atoms with Crippen molar-refractivity contribution in [2.75, 3.05) is 50.0 Å². The second-order valence-corrected chi connectivity index (χ2v) is 7.29. The summed E-state index contributed by atoms with van der Waals surface area (Å²) in [4.78, 5) is 18.0. The van der Waals surface area contributed by atoms with Crippen molar-refractivity contribution in [1.82, 2.24) is 19.9 Å². The molecule has 150 valence electrons. The molecular formula is C22H26N6O. The quantitative estimate of drug-likeness (QED) is 0.670. The van der Waals surface area contributed by atoms with Gasteiger partial charge in [0.25, 0.3) is 0 Å². The third kappa shape index (κ3) is 4.81. The van der Waals surface area contributed by atoms with Crippen molar-refractivity contribution in [3.8, 4) is 17.0 Å². The molecule has 0 radical (unpaired) electrons. The molecule has 1 aliphatic heterocycles. The summed E-state index contributed by atoms with van der Waals surface area (Å²) in [6.07, 6.45) is 4.15. The fourth-order valence-corrected chi connectivity index (χ4v) is 3.42. The van der Waals surface area contributed by atoms with E-state index in [1.54, 1.807) is 12.4 Å². The summed E-state index contributed by atoms with van der Waals surface area (Å²) in [7, 11) is 2.15. The molecule has 1 aromatic carbocycles. The van der Waals surface area contributed by atoms with Crippen LogP contribution in [0.2, 0.25) is 0 Å². The van der Waals surface area contributed by atoms with Gasteiger partial charge in [-0.25, -0.2) is 15.0 Å². The van der Waals surface area contributed by atoms with Gasteiger partial charge in [0.05, 0.1) is 5.69 Å². The normalized spacial score (nSPS) is 14.7. The highest BCUT2D eigenvalue weighted by Gasteiger charge is 2.15. The SMILES string of the molecule is CN1CCN(c2ccc(-c3cc(NCCc4ccccc4O)ncn3)cn2)CC1. The Labute approximate surface area is 171 Å². The topological polar surface area (TPSA) is 77.4 Å². The van der Waals surface area contributed by atoms with E-state index in [1.807, 2.05) is 30.5 Å². The summed E-state index contributed by atoms with van der Waals surface area (Å²) < 4.78 is 0. The van der Waals surface area contributed by atoms with E-state index in [9.17, 15) is 5.11 Å². The summed E-state index contributed by atoms with van der Waals surface area (Å²) in [5, 5.41) is 13.2. The zero-order valence-corrected chi connectivity index (χ0v) is 16.6. The van der Waals surface area contributed by atoms with Gasteiger partial charge in [0.1, 0.15) is 23.7 Å². The molecule has 3 aromatic rings. The van der Waals surface area contributed by atoms with Gasteiger partial charge in [-0.3, -0.25) is 0 Å². The summed E-state index contributed by atoms with van der Waals surface area (Å²) in [5.41, 5.74) is 2.72. The van der Waals surface area contributed by atoms with Crippen LogP contribution in [0.4, 0.5) is 11.6 Å². The molecule has 0 saturated carbocycles. The molecule has 1 aliphatic rings. The average Bonchev–Trinajstić information content (AvgIpc) is 2.76. The monoisotopic (exact) mass is 390 g/mol. The van der Waals surface area contributed by atoms with Gasteiger partial charge in [0.15, 0.2) is 0 Å². The Hall–Kier alpha value is -3.19. The molecule has 7 nitrogen and oxygen atoms in total. The fourth-order valence-electron chi connectivity index (χ4n) is 3.42. The van der Waals surface area contributed by atoms with Crippen LogP contribution in [0.5, 0.6) is 5.75 Å². The van der Waals surface area contributed by atoms with E-state index < -0.39 is 0 Å². The molecule has 4 rings (SSSR count). The number of nitrogens with zero attached hydrogens (tertiary/aromatic N) is 5. The van der Waals surface area contributed by atoms with Gasteiger partial charge in [0.2, 0.25) is 0 Å². The first-order valence-electron chi connectivity index (χ1n) is 9.92. The molecule has 2 N–H and O–H groups in total. The molecule has 2 aromatic heterocycles. The van der Waals surface area contributed by atoms with Crippen LogP contribution in [0.25, 0.3) is 11.3 Å². The molecule has 7 heteroatoms. The second-order valence-electron chi connectivity index (χ2n) is 7.29. The Bertz CT molecular complexity index is 938. The van der Waals surface area contributed by atoms with E-state index in [0.717, 1.165) is 54.6 Å². The Balaban J connectivity index is 1.38. The van der Waals surface area contributed by atoms with Gasteiger partial charge in [-0.2, -0.15) is 0 Å². The number of benzene rings is 1. The molecule has 29 heavy (non-hydrogen) atoms. The van der Waals surface area contributed by atoms with Crippen molar-refractivity contribution in [2.24, 2.45) is 0 Å². The first-order valence-corrected chi connectivity index (χ1v) is 9.92. The molecule has 0 spiro atoms. The number of rotatable bonds is 6. The van der Waals surface area contributed by atoms with Crippen molar-refractivity contribution < 1.29 is 5.11 Å². The van der Waals surface area contributed by atoms with Gasteiger partial charge in [-0.15, -0.1) is 0 Å². The predicted octanol–water partition coefficient (Wildman–Crippen LogP) is 2.65. The highest BCUT2D eigenvalue weighted by molar-refractivity contribution is 5.62. The lowest BCUT2D eigenvalue weighted by Gasteiger charge is -2.33. The van der Waals surface area contributed by atoms with E-state index in [2.05, 4.69) is 49.2 Å². The van der Waals surface area contributed by atoms with Crippen LogP contribution >= 0.6 is 0 Å². The molecule has 0 amide bonds. The number of aromatic nitrogens is 3. The van der Waals surface area contributed by atoms with Gasteiger partial charge in [0, 0.05) is 50.6 Å². The van der Waals surface area contributed by atoms with Crippen LogP contribution in [-0.4, -0.2) is 64.7 Å². The van der Waals surface area contributed by atoms with Crippen LogP contribution in [0.15, 0.2) is 55.0 Å². The number of aromatic hydroxyl groups is 1. The molecule has 1 fully saturated rings. The molecule has 3 heterocycles.